The van der Waals surface area contributed by atoms with Crippen LogP contribution in [0.4, 0.5) is 0 Å². The molecule has 0 aromatic heterocycles. The highest BCUT2D eigenvalue weighted by atomic mass is 16.4. The average molecular weight is 324 g/mol. The van der Waals surface area contributed by atoms with Gasteiger partial charge in [-0.25, -0.2) is 4.79 Å². The van der Waals surface area contributed by atoms with Crippen molar-refractivity contribution >= 4 is 11.8 Å². The minimum absolute atomic E-state index is 0.165. The van der Waals surface area contributed by atoms with E-state index in [0.29, 0.717) is 18.4 Å². The number of carboxylic acid groups (broad SMARTS) is 1. The van der Waals surface area contributed by atoms with Crippen LogP contribution in [0, 0.1) is 11.8 Å². The Morgan fingerprint density at radius 2 is 1.96 bits per heavy atom. The van der Waals surface area contributed by atoms with Crippen molar-refractivity contribution in [2.75, 3.05) is 0 Å². The van der Waals surface area contributed by atoms with Crippen molar-refractivity contribution in [2.24, 2.45) is 11.8 Å². The highest BCUT2D eigenvalue weighted by Gasteiger charge is 2.29. The van der Waals surface area contributed by atoms with Crippen molar-refractivity contribution in [2.45, 2.75) is 33.6 Å². The predicted molar refractivity (Wildman–Crippen MR) is 95.7 cm³/mol. The zero-order chi connectivity index (χ0) is 17.7. The Morgan fingerprint density at radius 1 is 1.29 bits per heavy atom. The van der Waals surface area contributed by atoms with Gasteiger partial charge in [0.15, 0.2) is 5.78 Å². The van der Waals surface area contributed by atoms with E-state index in [0.717, 1.165) is 16.7 Å². The normalized spacial score (nSPS) is 22.3. The summed E-state index contributed by atoms with van der Waals surface area (Å²) in [5, 5.41) is 8.80. The van der Waals surface area contributed by atoms with Gasteiger partial charge >= 0.3 is 5.97 Å². The highest BCUT2D eigenvalue weighted by Crippen LogP contribution is 2.35. The molecule has 0 amide bonds. The maximum atomic E-state index is 12.5. The van der Waals surface area contributed by atoms with Crippen LogP contribution in [0.25, 0.3) is 0 Å². The second-order valence-electron chi connectivity index (χ2n) is 6.54. The number of carbonyl (C=O) groups is 2. The molecular formula is C21H24O3. The third kappa shape index (κ3) is 4.54. The summed E-state index contributed by atoms with van der Waals surface area (Å²) in [6.45, 7) is 5.87. The number of allylic oxidation sites excluding steroid dienone is 5. The summed E-state index contributed by atoms with van der Waals surface area (Å²) in [4.78, 5) is 23.2. The fraction of sp³-hybridized carbons (Fsp3) is 0.333. The largest absolute Gasteiger partial charge is 0.478 e. The van der Waals surface area contributed by atoms with Gasteiger partial charge < -0.3 is 5.11 Å². The van der Waals surface area contributed by atoms with Gasteiger partial charge in [0.25, 0.3) is 0 Å². The predicted octanol–water partition coefficient (Wildman–Crippen LogP) is 4.36. The van der Waals surface area contributed by atoms with Crippen LogP contribution in [0.5, 0.6) is 0 Å². The van der Waals surface area contributed by atoms with E-state index < -0.39 is 5.97 Å². The molecule has 0 heterocycles. The lowest BCUT2D eigenvalue weighted by Crippen LogP contribution is -2.25. The first-order valence-electron chi connectivity index (χ1n) is 8.24. The monoisotopic (exact) mass is 324 g/mol. The summed E-state index contributed by atoms with van der Waals surface area (Å²) in [6.07, 6.45) is 6.27. The molecule has 3 nitrogen and oxygen atoms in total. The summed E-state index contributed by atoms with van der Waals surface area (Å²) in [5.41, 5.74) is 3.83. The first kappa shape index (κ1) is 17.9. The third-order valence-corrected chi connectivity index (χ3v) is 4.57. The van der Waals surface area contributed by atoms with Gasteiger partial charge in [-0.1, -0.05) is 55.0 Å². The Labute approximate surface area is 143 Å². The number of rotatable bonds is 5. The molecule has 3 heteroatoms. The van der Waals surface area contributed by atoms with Crippen LogP contribution in [-0.4, -0.2) is 16.9 Å². The van der Waals surface area contributed by atoms with Crippen molar-refractivity contribution in [3.8, 4) is 0 Å². The molecule has 1 N–H and O–H groups in total. The summed E-state index contributed by atoms with van der Waals surface area (Å²) in [6, 6.07) is 10.0. The molecule has 0 spiro atoms. The quantitative estimate of drug-likeness (QED) is 0.647. The molecule has 2 rings (SSSR count). The van der Waals surface area contributed by atoms with Gasteiger partial charge in [0, 0.05) is 24.8 Å². The number of Topliss-reactive ketones (excluding diaryl/α,β-unsaturated/α-hetero) is 1. The molecule has 2 atom stereocenters. The summed E-state index contributed by atoms with van der Waals surface area (Å²) < 4.78 is 0. The molecule has 0 saturated heterocycles. The Kier molecular flexibility index (Phi) is 5.91. The Balaban J connectivity index is 2.28. The van der Waals surface area contributed by atoms with Crippen LogP contribution < -0.4 is 0 Å². The van der Waals surface area contributed by atoms with Crippen LogP contribution in [0.1, 0.15) is 32.8 Å². The molecule has 1 aromatic rings. The van der Waals surface area contributed by atoms with Crippen LogP contribution in [0.15, 0.2) is 65.3 Å². The van der Waals surface area contributed by atoms with E-state index in [9.17, 15) is 9.59 Å². The van der Waals surface area contributed by atoms with E-state index in [-0.39, 0.29) is 17.6 Å². The molecule has 0 fully saturated rings. The molecule has 126 valence electrons. The summed E-state index contributed by atoms with van der Waals surface area (Å²) >= 11 is 0. The molecule has 0 saturated carbocycles. The van der Waals surface area contributed by atoms with Crippen LogP contribution >= 0.6 is 0 Å². The van der Waals surface area contributed by atoms with E-state index in [4.69, 9.17) is 5.11 Å². The number of hydrogen-bond donors (Lipinski definition) is 1. The lowest BCUT2D eigenvalue weighted by molar-refractivity contribution is -0.131. The van der Waals surface area contributed by atoms with Gasteiger partial charge in [-0.3, -0.25) is 4.79 Å². The molecule has 1 aromatic carbocycles. The molecule has 2 unspecified atom stereocenters. The number of carbonyl (C=O) groups excluding carboxylic acids is 1. The van der Waals surface area contributed by atoms with E-state index >= 15 is 0 Å². The van der Waals surface area contributed by atoms with Crippen LogP contribution in [0.3, 0.4) is 0 Å². The summed E-state index contributed by atoms with van der Waals surface area (Å²) in [5.74, 6) is -0.322. The van der Waals surface area contributed by atoms with Crippen molar-refractivity contribution in [1.29, 1.82) is 0 Å². The molecule has 1 aliphatic rings. The van der Waals surface area contributed by atoms with Crippen molar-refractivity contribution in [3.63, 3.8) is 0 Å². The second kappa shape index (κ2) is 7.91. The van der Waals surface area contributed by atoms with Gasteiger partial charge in [0.1, 0.15) is 0 Å². The molecule has 24 heavy (non-hydrogen) atoms. The van der Waals surface area contributed by atoms with Crippen molar-refractivity contribution in [3.05, 3.63) is 70.8 Å². The van der Waals surface area contributed by atoms with Crippen molar-refractivity contribution in [1.82, 2.24) is 0 Å². The highest BCUT2D eigenvalue weighted by molar-refractivity contribution is 5.97. The lowest BCUT2D eigenvalue weighted by Gasteiger charge is -2.29. The number of ketones is 1. The maximum Gasteiger partial charge on any atom is 0.328 e. The average Bonchev–Trinajstić information content (AvgIpc) is 2.51. The second-order valence-corrected chi connectivity index (χ2v) is 6.54. The molecule has 0 aliphatic heterocycles. The zero-order valence-electron chi connectivity index (χ0n) is 14.5. The van der Waals surface area contributed by atoms with E-state index in [1.54, 1.807) is 6.92 Å². The lowest BCUT2D eigenvalue weighted by atomic mass is 9.74. The Bertz CT molecular complexity index is 708. The third-order valence-electron chi connectivity index (χ3n) is 4.57. The fourth-order valence-corrected chi connectivity index (χ4v) is 3.26. The maximum absolute atomic E-state index is 12.5. The number of carboxylic acids is 1. The fourth-order valence-electron chi connectivity index (χ4n) is 3.26. The Morgan fingerprint density at radius 3 is 2.58 bits per heavy atom. The van der Waals surface area contributed by atoms with E-state index in [2.05, 4.69) is 6.92 Å². The zero-order valence-corrected chi connectivity index (χ0v) is 14.5. The SMILES string of the molecule is CC1=C(Cc2ccccc2)C(=O)CC(C)C1/C=C/C(C)=C\C(=O)O. The van der Waals surface area contributed by atoms with Crippen molar-refractivity contribution < 1.29 is 14.7 Å². The number of aliphatic carboxylic acids is 1. The minimum atomic E-state index is -0.943. The van der Waals surface area contributed by atoms with E-state index in [1.807, 2.05) is 49.4 Å². The minimum Gasteiger partial charge on any atom is -0.478 e. The van der Waals surface area contributed by atoms with Gasteiger partial charge in [-0.05, 0) is 36.5 Å². The van der Waals surface area contributed by atoms with Crippen LogP contribution in [0.2, 0.25) is 0 Å². The molecule has 0 bridgehead atoms. The first-order chi connectivity index (χ1) is 11.4. The standard InChI is InChI=1S/C21H24O3/c1-14(11-21(23)24)9-10-18-15(2)12-20(22)19(16(18)3)13-17-7-5-4-6-8-17/h4-11,15,18H,12-13H2,1-3H3,(H,23,24)/b10-9+,14-11-. The smallest absolute Gasteiger partial charge is 0.328 e. The van der Waals surface area contributed by atoms with E-state index in [1.165, 1.54) is 6.08 Å². The molecule has 0 radical (unpaired) electrons. The van der Waals surface area contributed by atoms with Gasteiger partial charge in [0.05, 0.1) is 0 Å². The van der Waals surface area contributed by atoms with Gasteiger partial charge in [-0.15, -0.1) is 0 Å². The number of hydrogen-bond acceptors (Lipinski definition) is 2. The Hall–Kier alpha value is -2.42. The summed E-state index contributed by atoms with van der Waals surface area (Å²) in [7, 11) is 0. The molecular weight excluding hydrogens is 300 g/mol. The topological polar surface area (TPSA) is 54.4 Å². The first-order valence-corrected chi connectivity index (χ1v) is 8.24. The molecule has 1 aliphatic carbocycles. The van der Waals surface area contributed by atoms with Crippen LogP contribution in [-0.2, 0) is 16.0 Å². The number of benzene rings is 1. The van der Waals surface area contributed by atoms with Gasteiger partial charge in [0.2, 0.25) is 0 Å². The van der Waals surface area contributed by atoms with Gasteiger partial charge in [-0.2, -0.15) is 0 Å².